The van der Waals surface area contributed by atoms with Crippen molar-refractivity contribution in [2.24, 2.45) is 22.4 Å². The van der Waals surface area contributed by atoms with Crippen LogP contribution >= 0.6 is 0 Å². The minimum atomic E-state index is -0.810. The topological polar surface area (TPSA) is 81.9 Å². The van der Waals surface area contributed by atoms with Gasteiger partial charge in [-0.05, 0) is 37.0 Å². The zero-order valence-corrected chi connectivity index (χ0v) is 11.2. The number of hydrogen-bond donors (Lipinski definition) is 3. The van der Waals surface area contributed by atoms with Crippen molar-refractivity contribution in [2.45, 2.75) is 45.6 Å². The molecular formula is C13H22N2O3. The van der Waals surface area contributed by atoms with Gasteiger partial charge in [0.25, 0.3) is 0 Å². The van der Waals surface area contributed by atoms with Crippen LogP contribution < -0.4 is 5.32 Å². The van der Waals surface area contributed by atoms with Crippen LogP contribution in [0, 0.1) is 17.3 Å². The van der Waals surface area contributed by atoms with E-state index in [1.54, 1.807) is 0 Å². The summed E-state index contributed by atoms with van der Waals surface area (Å²) in [6, 6.07) is 0. The average Bonchev–Trinajstić information content (AvgIpc) is 2.27. The first-order chi connectivity index (χ1) is 8.32. The monoisotopic (exact) mass is 254 g/mol. The van der Waals surface area contributed by atoms with Crippen LogP contribution in [0.2, 0.25) is 0 Å². The van der Waals surface area contributed by atoms with Crippen molar-refractivity contribution < 1.29 is 15.1 Å². The van der Waals surface area contributed by atoms with Gasteiger partial charge < -0.3 is 15.6 Å². The number of carboxylic acid groups (broad SMARTS) is 1. The van der Waals surface area contributed by atoms with Gasteiger partial charge in [0.15, 0.2) is 0 Å². The number of oxime groups is 1. The number of hydrogen-bond acceptors (Lipinski definition) is 4. The number of nitrogens with zero attached hydrogens (tertiary/aromatic N) is 1. The molecule has 3 fully saturated rings. The molecule has 0 spiro atoms. The van der Waals surface area contributed by atoms with Crippen molar-refractivity contribution in [3.8, 4) is 0 Å². The lowest BCUT2D eigenvalue weighted by atomic mass is 9.43. The molecule has 0 radical (unpaired) electrons. The molecule has 3 aliphatic carbocycles. The van der Waals surface area contributed by atoms with Gasteiger partial charge in [0.2, 0.25) is 0 Å². The van der Waals surface area contributed by atoms with E-state index in [-0.39, 0.29) is 17.4 Å². The molecule has 102 valence electrons. The highest BCUT2D eigenvalue weighted by atomic mass is 16.4. The number of aliphatic carboxylic acids is 1. The van der Waals surface area contributed by atoms with E-state index in [0.29, 0.717) is 18.4 Å². The zero-order chi connectivity index (χ0) is 13.6. The first-order valence-corrected chi connectivity index (χ1v) is 6.50. The molecule has 3 aliphatic rings. The van der Waals surface area contributed by atoms with Crippen LogP contribution in [-0.4, -0.2) is 34.1 Å². The Kier molecular flexibility index (Phi) is 3.13. The van der Waals surface area contributed by atoms with E-state index in [9.17, 15) is 10.0 Å². The number of carbonyl (C=O) groups is 1. The van der Waals surface area contributed by atoms with Gasteiger partial charge in [-0.2, -0.15) is 0 Å². The van der Waals surface area contributed by atoms with Crippen LogP contribution in [0.5, 0.6) is 0 Å². The van der Waals surface area contributed by atoms with Crippen LogP contribution in [0.15, 0.2) is 5.16 Å². The molecule has 0 saturated heterocycles. The van der Waals surface area contributed by atoms with Crippen LogP contribution in [0.25, 0.3) is 0 Å². The van der Waals surface area contributed by atoms with E-state index in [1.807, 2.05) is 6.92 Å². The summed E-state index contributed by atoms with van der Waals surface area (Å²) in [7, 11) is 0. The second kappa shape index (κ2) is 4.23. The maximum absolute atomic E-state index is 10.6. The molecule has 0 heterocycles. The van der Waals surface area contributed by atoms with E-state index in [1.165, 1.54) is 0 Å². The van der Waals surface area contributed by atoms with Crippen molar-refractivity contribution >= 4 is 11.7 Å². The molecule has 0 aliphatic heterocycles. The number of nitrogens with one attached hydrogen (secondary N) is 1. The predicted octanol–water partition coefficient (Wildman–Crippen LogP) is 1.71. The summed E-state index contributed by atoms with van der Waals surface area (Å²) in [5.74, 6) is 0.182. The molecule has 5 nitrogen and oxygen atoms in total. The largest absolute Gasteiger partial charge is 0.481 e. The first kappa shape index (κ1) is 13.3. The maximum atomic E-state index is 10.6. The second-order valence-electron chi connectivity index (χ2n) is 6.33. The summed E-state index contributed by atoms with van der Waals surface area (Å²) < 4.78 is 0. The van der Waals surface area contributed by atoms with E-state index in [4.69, 9.17) is 5.11 Å². The van der Waals surface area contributed by atoms with Gasteiger partial charge in [0.1, 0.15) is 0 Å². The third kappa shape index (κ3) is 1.81. The Labute approximate surface area is 107 Å². The standard InChI is InChI=1S/C13H22N2O3/c1-12(2)8-6-9(12)13(3,10(7-8)15-18)14-5-4-11(16)17/h8-9,14,18H,4-7H2,1-3H3,(H,16,17)/b15-10+/t8-,9-,13-/m1/s1. The molecule has 0 unspecified atom stereocenters. The third-order valence-corrected chi connectivity index (χ3v) is 5.16. The van der Waals surface area contributed by atoms with Gasteiger partial charge in [-0.15, -0.1) is 0 Å². The van der Waals surface area contributed by atoms with Gasteiger partial charge in [0, 0.05) is 6.54 Å². The SMILES string of the molecule is CC1(C)[C@H]2C/C(=N\O)[C@](C)(NCCC(=O)O)[C@@H]1C2. The molecule has 3 N–H and O–H groups in total. The fraction of sp³-hybridized carbons (Fsp3) is 0.846. The zero-order valence-electron chi connectivity index (χ0n) is 11.2. The van der Waals surface area contributed by atoms with Crippen molar-refractivity contribution in [3.63, 3.8) is 0 Å². The molecule has 0 aromatic heterocycles. The molecule has 0 aromatic rings. The van der Waals surface area contributed by atoms with Gasteiger partial charge in [-0.3, -0.25) is 4.79 Å². The van der Waals surface area contributed by atoms with Gasteiger partial charge in [0.05, 0.1) is 17.7 Å². The van der Waals surface area contributed by atoms with E-state index in [0.717, 1.165) is 18.6 Å². The van der Waals surface area contributed by atoms with Crippen molar-refractivity contribution in [2.75, 3.05) is 6.54 Å². The molecule has 18 heavy (non-hydrogen) atoms. The Hall–Kier alpha value is -1.10. The summed E-state index contributed by atoms with van der Waals surface area (Å²) in [6.45, 7) is 6.93. The number of rotatable bonds is 4. The van der Waals surface area contributed by atoms with Crippen LogP contribution in [0.3, 0.4) is 0 Å². The Morgan fingerprint density at radius 2 is 2.17 bits per heavy atom. The highest BCUT2D eigenvalue weighted by Crippen LogP contribution is 2.61. The van der Waals surface area contributed by atoms with Crippen LogP contribution in [-0.2, 0) is 4.79 Å². The average molecular weight is 254 g/mol. The van der Waals surface area contributed by atoms with Gasteiger partial charge in [-0.25, -0.2) is 0 Å². The molecule has 2 bridgehead atoms. The van der Waals surface area contributed by atoms with E-state index in [2.05, 4.69) is 24.3 Å². The van der Waals surface area contributed by atoms with Gasteiger partial charge >= 0.3 is 5.97 Å². The maximum Gasteiger partial charge on any atom is 0.304 e. The highest BCUT2D eigenvalue weighted by Gasteiger charge is 2.62. The Balaban J connectivity index is 2.13. The van der Waals surface area contributed by atoms with Crippen LogP contribution in [0.1, 0.15) is 40.0 Å². The molecule has 3 saturated carbocycles. The summed E-state index contributed by atoms with van der Waals surface area (Å²) in [5, 5.41) is 24.6. The van der Waals surface area contributed by atoms with Crippen LogP contribution in [0.4, 0.5) is 0 Å². The molecular weight excluding hydrogens is 232 g/mol. The smallest absolute Gasteiger partial charge is 0.304 e. The lowest BCUT2D eigenvalue weighted by molar-refractivity contribution is -0.137. The third-order valence-electron chi connectivity index (χ3n) is 5.16. The summed E-state index contributed by atoms with van der Waals surface area (Å²) in [6.07, 6.45) is 2.02. The molecule has 5 heteroatoms. The van der Waals surface area contributed by atoms with E-state index >= 15 is 0 Å². The normalized spacial score (nSPS) is 39.4. The second-order valence-corrected chi connectivity index (χ2v) is 6.33. The fourth-order valence-electron chi connectivity index (χ4n) is 3.79. The summed E-state index contributed by atoms with van der Waals surface area (Å²) >= 11 is 0. The van der Waals surface area contributed by atoms with Gasteiger partial charge in [-0.1, -0.05) is 19.0 Å². The molecule has 0 aromatic carbocycles. The minimum Gasteiger partial charge on any atom is -0.481 e. The summed E-state index contributed by atoms with van der Waals surface area (Å²) in [4.78, 5) is 10.6. The first-order valence-electron chi connectivity index (χ1n) is 6.50. The fourth-order valence-corrected chi connectivity index (χ4v) is 3.79. The molecule has 3 rings (SSSR count). The predicted molar refractivity (Wildman–Crippen MR) is 67.9 cm³/mol. The Morgan fingerprint density at radius 3 is 2.67 bits per heavy atom. The van der Waals surface area contributed by atoms with E-state index < -0.39 is 5.97 Å². The van der Waals surface area contributed by atoms with Crippen molar-refractivity contribution in [1.82, 2.24) is 5.32 Å². The highest BCUT2D eigenvalue weighted by molar-refractivity contribution is 5.95. The Bertz CT molecular complexity index is 392. The van der Waals surface area contributed by atoms with Crippen molar-refractivity contribution in [3.05, 3.63) is 0 Å². The Morgan fingerprint density at radius 1 is 1.50 bits per heavy atom. The van der Waals surface area contributed by atoms with Crippen molar-refractivity contribution in [1.29, 1.82) is 0 Å². The minimum absolute atomic E-state index is 0.0882. The number of fused-ring (bicyclic) bond motifs is 2. The lowest BCUT2D eigenvalue weighted by Gasteiger charge is -2.64. The number of carboxylic acids is 1. The summed E-state index contributed by atoms with van der Waals surface area (Å²) in [5.41, 5.74) is 0.634. The quantitative estimate of drug-likeness (QED) is 0.527. The molecule has 0 amide bonds. The lowest BCUT2D eigenvalue weighted by Crippen LogP contribution is -2.70. The molecule has 3 atom stereocenters.